The maximum atomic E-state index is 14.6. The highest BCUT2D eigenvalue weighted by Crippen LogP contribution is 2.46. The second-order valence-electron chi connectivity index (χ2n) is 12.0. The third-order valence-electron chi connectivity index (χ3n) is 8.59. The fourth-order valence-corrected chi connectivity index (χ4v) is 6.37. The van der Waals surface area contributed by atoms with Crippen molar-refractivity contribution in [3.63, 3.8) is 0 Å². The van der Waals surface area contributed by atoms with Gasteiger partial charge >= 0.3 is 6.01 Å². The summed E-state index contributed by atoms with van der Waals surface area (Å²) < 4.78 is 20.9. The number of aryl methyl sites for hydroxylation is 1. The van der Waals surface area contributed by atoms with Crippen LogP contribution >= 0.6 is 0 Å². The number of anilines is 2. The van der Waals surface area contributed by atoms with Crippen LogP contribution in [0.4, 0.5) is 15.9 Å². The van der Waals surface area contributed by atoms with Crippen LogP contribution in [0.2, 0.25) is 0 Å². The first-order valence-corrected chi connectivity index (χ1v) is 14.3. The maximum Gasteiger partial charge on any atom is 0.318 e. The van der Waals surface area contributed by atoms with Crippen molar-refractivity contribution in [2.75, 3.05) is 63.2 Å². The molecule has 8 nitrogen and oxygen atoms in total. The van der Waals surface area contributed by atoms with Gasteiger partial charge in [0.05, 0.1) is 31.3 Å². The number of nitrogens with one attached hydrogen (secondary N) is 1. The molecule has 1 aromatic heterocycles. The molecule has 3 aliphatic rings. The number of benzene rings is 2. The molecular formula is C31H38FN7O. The summed E-state index contributed by atoms with van der Waals surface area (Å²) in [6.07, 6.45) is 3.56. The first-order valence-electron chi connectivity index (χ1n) is 14.3. The van der Waals surface area contributed by atoms with E-state index in [1.54, 1.807) is 6.07 Å². The van der Waals surface area contributed by atoms with Crippen molar-refractivity contribution in [2.45, 2.75) is 45.2 Å². The molecule has 0 bridgehead atoms. The second-order valence-corrected chi connectivity index (χ2v) is 12.0. The molecule has 0 spiro atoms. The van der Waals surface area contributed by atoms with E-state index in [9.17, 15) is 9.65 Å². The van der Waals surface area contributed by atoms with Gasteiger partial charge in [0.15, 0.2) is 0 Å². The highest BCUT2D eigenvalue weighted by atomic mass is 19.1. The molecule has 2 aromatic carbocycles. The van der Waals surface area contributed by atoms with Crippen LogP contribution in [0.5, 0.6) is 6.01 Å². The standard InChI is InChI=1S/C31H38FN7O/c1-21-25(32)8-7-22-5-4-6-27(28(21)22)38-15-10-24-26(18-38)35-30(40-20-31(11-12-31)19-37(2)3)36-29(24)39-16-14-34-23(17-39)9-13-33/h4-8,23,34H,9-12,14-20H2,1-3H3/t23-/m0/s1. The van der Waals surface area contributed by atoms with Crippen molar-refractivity contribution < 1.29 is 9.13 Å². The van der Waals surface area contributed by atoms with Crippen molar-refractivity contribution in [1.29, 1.82) is 5.26 Å². The number of fused-ring (bicyclic) bond motifs is 2. The summed E-state index contributed by atoms with van der Waals surface area (Å²) in [5.74, 6) is 0.747. The number of nitriles is 1. The van der Waals surface area contributed by atoms with Crippen molar-refractivity contribution in [3.05, 3.63) is 53.0 Å². The Labute approximate surface area is 235 Å². The Morgan fingerprint density at radius 3 is 2.80 bits per heavy atom. The molecule has 0 amide bonds. The van der Waals surface area contributed by atoms with E-state index in [-0.39, 0.29) is 17.3 Å². The topological polar surface area (TPSA) is 80.6 Å². The highest BCUT2D eigenvalue weighted by molar-refractivity contribution is 5.97. The zero-order valence-electron chi connectivity index (χ0n) is 23.7. The summed E-state index contributed by atoms with van der Waals surface area (Å²) in [5, 5.41) is 14.7. The molecule has 40 heavy (non-hydrogen) atoms. The SMILES string of the molecule is Cc1c(F)ccc2cccc(N3CCc4c(nc(OCC5(CN(C)C)CC5)nc4N4CCN[C@@H](CC#N)C4)C3)c12. The first kappa shape index (κ1) is 26.7. The van der Waals surface area contributed by atoms with Gasteiger partial charge in [0, 0.05) is 60.8 Å². The molecule has 3 aromatic rings. The first-order chi connectivity index (χ1) is 19.4. The quantitative estimate of drug-likeness (QED) is 0.456. The van der Waals surface area contributed by atoms with E-state index in [1.807, 2.05) is 25.1 Å². The molecule has 2 aliphatic heterocycles. The van der Waals surface area contributed by atoms with Gasteiger partial charge in [0.25, 0.3) is 0 Å². The fraction of sp³-hybridized carbons (Fsp3) is 0.516. The molecule has 1 aliphatic carbocycles. The largest absolute Gasteiger partial charge is 0.463 e. The lowest BCUT2D eigenvalue weighted by Gasteiger charge is -2.37. The summed E-state index contributed by atoms with van der Waals surface area (Å²) >= 11 is 0. The van der Waals surface area contributed by atoms with E-state index < -0.39 is 0 Å². The van der Waals surface area contributed by atoms with Crippen LogP contribution in [-0.4, -0.2) is 74.3 Å². The monoisotopic (exact) mass is 543 g/mol. The molecular weight excluding hydrogens is 505 g/mol. The van der Waals surface area contributed by atoms with Crippen LogP contribution in [0.25, 0.3) is 10.8 Å². The molecule has 210 valence electrons. The number of ether oxygens (including phenoxy) is 1. The predicted octanol–water partition coefficient (Wildman–Crippen LogP) is 4.05. The number of hydrogen-bond donors (Lipinski definition) is 1. The lowest BCUT2D eigenvalue weighted by atomic mass is 9.99. The number of piperazine rings is 1. The number of aromatic nitrogens is 2. The van der Waals surface area contributed by atoms with Gasteiger partial charge in [0.2, 0.25) is 0 Å². The Morgan fingerprint density at radius 2 is 2.02 bits per heavy atom. The molecule has 1 saturated heterocycles. The molecule has 9 heteroatoms. The smallest absolute Gasteiger partial charge is 0.318 e. The van der Waals surface area contributed by atoms with Crippen LogP contribution in [0.1, 0.15) is 36.1 Å². The zero-order chi connectivity index (χ0) is 27.9. The van der Waals surface area contributed by atoms with Crippen LogP contribution in [0.3, 0.4) is 0 Å². The summed E-state index contributed by atoms with van der Waals surface area (Å²) in [6.45, 7) is 7.20. The molecule has 3 heterocycles. The highest BCUT2D eigenvalue weighted by Gasteiger charge is 2.44. The molecule has 1 N–H and O–H groups in total. The fourth-order valence-electron chi connectivity index (χ4n) is 6.37. The average Bonchev–Trinajstić information content (AvgIpc) is 3.72. The van der Waals surface area contributed by atoms with E-state index in [1.165, 1.54) is 0 Å². The van der Waals surface area contributed by atoms with Gasteiger partial charge in [-0.3, -0.25) is 0 Å². The van der Waals surface area contributed by atoms with Gasteiger partial charge in [-0.05, 0) is 63.4 Å². The Bertz CT molecular complexity index is 1450. The minimum Gasteiger partial charge on any atom is -0.463 e. The average molecular weight is 544 g/mol. The Kier molecular flexibility index (Phi) is 7.24. The Morgan fingerprint density at radius 1 is 1.18 bits per heavy atom. The van der Waals surface area contributed by atoms with Crippen molar-refractivity contribution in [2.24, 2.45) is 5.41 Å². The lowest BCUT2D eigenvalue weighted by molar-refractivity contribution is 0.182. The molecule has 1 saturated carbocycles. The van der Waals surface area contributed by atoms with Crippen LogP contribution in [0, 0.1) is 29.5 Å². The van der Waals surface area contributed by atoms with Gasteiger partial charge in [0.1, 0.15) is 11.6 Å². The van der Waals surface area contributed by atoms with Crippen LogP contribution in [0.15, 0.2) is 30.3 Å². The molecule has 0 unspecified atom stereocenters. The number of hydrogen-bond acceptors (Lipinski definition) is 8. The summed E-state index contributed by atoms with van der Waals surface area (Å²) in [5.41, 5.74) is 3.99. The summed E-state index contributed by atoms with van der Waals surface area (Å²) in [6, 6.07) is 12.4. The van der Waals surface area contributed by atoms with Crippen molar-refractivity contribution in [1.82, 2.24) is 20.2 Å². The van der Waals surface area contributed by atoms with E-state index in [2.05, 4.69) is 46.2 Å². The number of nitrogens with zero attached hydrogens (tertiary/aromatic N) is 6. The molecule has 1 atom stereocenters. The number of halogens is 1. The Balaban J connectivity index is 1.34. The zero-order valence-corrected chi connectivity index (χ0v) is 23.7. The van der Waals surface area contributed by atoms with Gasteiger partial charge in [-0.1, -0.05) is 18.2 Å². The second kappa shape index (κ2) is 10.8. The molecule has 6 rings (SSSR count). The van der Waals surface area contributed by atoms with Crippen LogP contribution < -0.4 is 19.9 Å². The third-order valence-corrected chi connectivity index (χ3v) is 8.59. The predicted molar refractivity (Wildman–Crippen MR) is 155 cm³/mol. The van der Waals surface area contributed by atoms with E-state index >= 15 is 0 Å². The maximum absolute atomic E-state index is 14.6. The van der Waals surface area contributed by atoms with Crippen molar-refractivity contribution in [3.8, 4) is 12.1 Å². The van der Waals surface area contributed by atoms with E-state index in [0.717, 1.165) is 85.5 Å². The summed E-state index contributed by atoms with van der Waals surface area (Å²) in [4.78, 5) is 16.8. The van der Waals surface area contributed by atoms with Gasteiger partial charge in [-0.25, -0.2) is 4.39 Å². The van der Waals surface area contributed by atoms with E-state index in [0.29, 0.717) is 31.1 Å². The van der Waals surface area contributed by atoms with Gasteiger partial charge in [-0.2, -0.15) is 15.2 Å². The minimum absolute atomic E-state index is 0.109. The van der Waals surface area contributed by atoms with Crippen molar-refractivity contribution >= 4 is 22.3 Å². The van der Waals surface area contributed by atoms with Gasteiger partial charge < -0.3 is 24.8 Å². The third kappa shape index (κ3) is 5.30. The van der Waals surface area contributed by atoms with Crippen LogP contribution in [-0.2, 0) is 13.0 Å². The summed E-state index contributed by atoms with van der Waals surface area (Å²) in [7, 11) is 4.20. The lowest BCUT2D eigenvalue weighted by Crippen LogP contribution is -2.51. The number of rotatable bonds is 8. The van der Waals surface area contributed by atoms with Gasteiger partial charge in [-0.15, -0.1) is 0 Å². The molecule has 0 radical (unpaired) electrons. The minimum atomic E-state index is -0.185. The normalized spacial score (nSPS) is 19.9. The Hall–Kier alpha value is -3.48. The van der Waals surface area contributed by atoms with E-state index in [4.69, 9.17) is 14.7 Å². The molecule has 2 fully saturated rings.